The van der Waals surface area contributed by atoms with E-state index in [1.165, 1.54) is 7.11 Å². The molecule has 0 radical (unpaired) electrons. The minimum atomic E-state index is -0.446. The van der Waals surface area contributed by atoms with Crippen molar-refractivity contribution in [2.75, 3.05) is 12.4 Å². The molecule has 0 heterocycles. The van der Waals surface area contributed by atoms with Crippen molar-refractivity contribution in [2.24, 2.45) is 0 Å². The van der Waals surface area contributed by atoms with Gasteiger partial charge in [-0.25, -0.2) is 9.59 Å². The second-order valence-corrected chi connectivity index (χ2v) is 4.42. The number of hydrogen-bond donors (Lipinski definition) is 1. The van der Waals surface area contributed by atoms with E-state index in [1.54, 1.807) is 45.0 Å². The van der Waals surface area contributed by atoms with Gasteiger partial charge in [-0.05, 0) is 45.0 Å². The largest absolute Gasteiger partial charge is 0.467 e. The molecular formula is C14H19NO4. The first-order valence-corrected chi connectivity index (χ1v) is 6.09. The molecule has 19 heavy (non-hydrogen) atoms. The summed E-state index contributed by atoms with van der Waals surface area (Å²) in [5.41, 5.74) is 1.21. The van der Waals surface area contributed by atoms with Crippen LogP contribution in [-0.2, 0) is 14.3 Å². The summed E-state index contributed by atoms with van der Waals surface area (Å²) in [6.07, 6.45) is -0.148. The number of esters is 2. The van der Waals surface area contributed by atoms with Crippen LogP contribution in [0.3, 0.4) is 0 Å². The molecule has 0 saturated carbocycles. The Morgan fingerprint density at radius 2 is 1.68 bits per heavy atom. The Hall–Kier alpha value is -2.04. The number of rotatable bonds is 5. The molecule has 1 atom stereocenters. The average Bonchev–Trinajstić information content (AvgIpc) is 2.37. The van der Waals surface area contributed by atoms with Crippen molar-refractivity contribution < 1.29 is 19.1 Å². The molecule has 0 aliphatic heterocycles. The van der Waals surface area contributed by atoms with Crippen LogP contribution in [0, 0.1) is 0 Å². The van der Waals surface area contributed by atoms with Crippen LogP contribution < -0.4 is 5.32 Å². The number of nitrogens with one attached hydrogen (secondary N) is 1. The Morgan fingerprint density at radius 1 is 1.11 bits per heavy atom. The third kappa shape index (κ3) is 4.62. The molecule has 0 saturated heterocycles. The van der Waals surface area contributed by atoms with Gasteiger partial charge in [-0.3, -0.25) is 0 Å². The summed E-state index contributed by atoms with van der Waals surface area (Å²) in [5, 5.41) is 2.97. The Bertz CT molecular complexity index is 439. The fourth-order valence-electron chi connectivity index (χ4n) is 1.47. The minimum Gasteiger partial charge on any atom is -0.467 e. The standard InChI is InChI=1S/C14H19NO4/c1-9(2)19-14(17)11-5-7-12(8-6-11)15-10(3)13(16)18-4/h5-10,15H,1-4H3. The lowest BCUT2D eigenvalue weighted by Gasteiger charge is -2.13. The highest BCUT2D eigenvalue weighted by atomic mass is 16.5. The quantitative estimate of drug-likeness (QED) is 0.827. The first-order chi connectivity index (χ1) is 8.93. The van der Waals surface area contributed by atoms with Crippen molar-refractivity contribution in [3.8, 4) is 0 Å². The van der Waals surface area contributed by atoms with Gasteiger partial charge in [0.25, 0.3) is 0 Å². The lowest BCUT2D eigenvalue weighted by Crippen LogP contribution is -2.27. The van der Waals surface area contributed by atoms with Crippen molar-refractivity contribution in [1.82, 2.24) is 0 Å². The van der Waals surface area contributed by atoms with E-state index in [0.717, 1.165) is 5.69 Å². The third-order valence-electron chi connectivity index (χ3n) is 2.40. The summed E-state index contributed by atoms with van der Waals surface area (Å²) >= 11 is 0. The molecule has 1 aromatic carbocycles. The Morgan fingerprint density at radius 3 is 2.16 bits per heavy atom. The number of carbonyl (C=O) groups excluding carboxylic acids is 2. The summed E-state index contributed by atoms with van der Waals surface area (Å²) in [6.45, 7) is 5.30. The van der Waals surface area contributed by atoms with Crippen LogP contribution in [-0.4, -0.2) is 31.2 Å². The predicted molar refractivity (Wildman–Crippen MR) is 72.1 cm³/mol. The molecule has 0 spiro atoms. The number of methoxy groups -OCH3 is 1. The molecule has 0 aliphatic rings. The zero-order valence-corrected chi connectivity index (χ0v) is 11.6. The van der Waals surface area contributed by atoms with Crippen molar-refractivity contribution in [3.63, 3.8) is 0 Å². The molecule has 0 fully saturated rings. The Kier molecular flexibility index (Phi) is 5.36. The van der Waals surface area contributed by atoms with E-state index in [0.29, 0.717) is 5.56 Å². The first-order valence-electron chi connectivity index (χ1n) is 6.09. The van der Waals surface area contributed by atoms with Crippen LogP contribution in [0.2, 0.25) is 0 Å². The molecule has 1 aromatic rings. The predicted octanol–water partition coefficient (Wildman–Crippen LogP) is 2.23. The van der Waals surface area contributed by atoms with Crippen LogP contribution in [0.5, 0.6) is 0 Å². The maximum atomic E-state index is 11.6. The van der Waals surface area contributed by atoms with Crippen LogP contribution in [0.4, 0.5) is 5.69 Å². The van der Waals surface area contributed by atoms with Crippen LogP contribution >= 0.6 is 0 Å². The lowest BCUT2D eigenvalue weighted by atomic mass is 10.2. The SMILES string of the molecule is COC(=O)C(C)Nc1ccc(C(=O)OC(C)C)cc1. The molecule has 1 N–H and O–H groups in total. The molecule has 0 aromatic heterocycles. The van der Waals surface area contributed by atoms with E-state index in [-0.39, 0.29) is 18.0 Å². The monoisotopic (exact) mass is 265 g/mol. The maximum absolute atomic E-state index is 11.6. The van der Waals surface area contributed by atoms with Gasteiger partial charge in [-0.15, -0.1) is 0 Å². The fourth-order valence-corrected chi connectivity index (χ4v) is 1.47. The summed E-state index contributed by atoms with van der Waals surface area (Å²) in [5.74, 6) is -0.703. The maximum Gasteiger partial charge on any atom is 0.338 e. The zero-order chi connectivity index (χ0) is 14.4. The summed E-state index contributed by atoms with van der Waals surface area (Å²) in [4.78, 5) is 22.9. The van der Waals surface area contributed by atoms with Gasteiger partial charge in [0.05, 0.1) is 18.8 Å². The number of ether oxygens (including phenoxy) is 2. The van der Waals surface area contributed by atoms with Gasteiger partial charge in [0, 0.05) is 5.69 Å². The molecule has 1 unspecified atom stereocenters. The van der Waals surface area contributed by atoms with E-state index in [2.05, 4.69) is 10.1 Å². The highest BCUT2D eigenvalue weighted by Gasteiger charge is 2.13. The van der Waals surface area contributed by atoms with Gasteiger partial charge in [0.2, 0.25) is 0 Å². The molecule has 5 heteroatoms. The second-order valence-electron chi connectivity index (χ2n) is 4.42. The van der Waals surface area contributed by atoms with Crippen LogP contribution in [0.1, 0.15) is 31.1 Å². The third-order valence-corrected chi connectivity index (χ3v) is 2.40. The highest BCUT2D eigenvalue weighted by Crippen LogP contribution is 2.12. The lowest BCUT2D eigenvalue weighted by molar-refractivity contribution is -0.141. The van der Waals surface area contributed by atoms with E-state index >= 15 is 0 Å². The van der Waals surface area contributed by atoms with Gasteiger partial charge in [0.1, 0.15) is 6.04 Å². The normalized spacial score (nSPS) is 11.8. The number of anilines is 1. The molecule has 0 amide bonds. The van der Waals surface area contributed by atoms with Crippen molar-refractivity contribution in [1.29, 1.82) is 0 Å². The Balaban J connectivity index is 2.66. The average molecular weight is 265 g/mol. The van der Waals surface area contributed by atoms with E-state index in [4.69, 9.17) is 4.74 Å². The minimum absolute atomic E-state index is 0.148. The Labute approximate surface area is 112 Å². The highest BCUT2D eigenvalue weighted by molar-refractivity contribution is 5.90. The topological polar surface area (TPSA) is 64.6 Å². The van der Waals surface area contributed by atoms with E-state index < -0.39 is 6.04 Å². The zero-order valence-electron chi connectivity index (χ0n) is 11.6. The van der Waals surface area contributed by atoms with Gasteiger partial charge in [-0.2, -0.15) is 0 Å². The van der Waals surface area contributed by atoms with Crippen molar-refractivity contribution in [2.45, 2.75) is 32.9 Å². The van der Waals surface area contributed by atoms with Crippen LogP contribution in [0.15, 0.2) is 24.3 Å². The summed E-state index contributed by atoms with van der Waals surface area (Å²) < 4.78 is 9.69. The van der Waals surface area contributed by atoms with Crippen LogP contribution in [0.25, 0.3) is 0 Å². The van der Waals surface area contributed by atoms with Gasteiger partial charge in [-0.1, -0.05) is 0 Å². The number of benzene rings is 1. The van der Waals surface area contributed by atoms with Gasteiger partial charge >= 0.3 is 11.9 Å². The molecular weight excluding hydrogens is 246 g/mol. The molecule has 5 nitrogen and oxygen atoms in total. The molecule has 0 bridgehead atoms. The number of carbonyl (C=O) groups is 2. The van der Waals surface area contributed by atoms with E-state index in [9.17, 15) is 9.59 Å². The molecule has 104 valence electrons. The summed E-state index contributed by atoms with van der Waals surface area (Å²) in [7, 11) is 1.34. The second kappa shape index (κ2) is 6.78. The van der Waals surface area contributed by atoms with E-state index in [1.807, 2.05) is 0 Å². The smallest absolute Gasteiger partial charge is 0.338 e. The van der Waals surface area contributed by atoms with Crippen molar-refractivity contribution >= 4 is 17.6 Å². The molecule has 1 rings (SSSR count). The summed E-state index contributed by atoms with van der Waals surface area (Å²) in [6, 6.07) is 6.29. The van der Waals surface area contributed by atoms with Gasteiger partial charge < -0.3 is 14.8 Å². The van der Waals surface area contributed by atoms with Gasteiger partial charge in [0.15, 0.2) is 0 Å². The fraction of sp³-hybridized carbons (Fsp3) is 0.429. The first kappa shape index (κ1) is 15.0. The molecule has 0 aliphatic carbocycles. The van der Waals surface area contributed by atoms with Crippen molar-refractivity contribution in [3.05, 3.63) is 29.8 Å². The number of hydrogen-bond acceptors (Lipinski definition) is 5.